The molecule has 0 aromatic heterocycles. The summed E-state index contributed by atoms with van der Waals surface area (Å²) in [7, 11) is -3.11. The van der Waals surface area contributed by atoms with Crippen molar-refractivity contribution in [3.05, 3.63) is 59.1 Å². The van der Waals surface area contributed by atoms with Gasteiger partial charge in [0.1, 0.15) is 5.75 Å². The molecule has 1 N–H and O–H groups in total. The maximum absolute atomic E-state index is 12.5. The number of anilines is 1. The summed E-state index contributed by atoms with van der Waals surface area (Å²) in [6, 6.07) is 13.1. The molecule has 7 heteroatoms. The van der Waals surface area contributed by atoms with Crippen molar-refractivity contribution < 1.29 is 18.6 Å². The lowest BCUT2D eigenvalue weighted by molar-refractivity contribution is 0.0526. The number of hydrogen-bond donors (Lipinski definition) is 1. The average molecular weight is 354 g/mol. The van der Waals surface area contributed by atoms with E-state index in [0.717, 1.165) is 0 Å². The summed E-state index contributed by atoms with van der Waals surface area (Å²) in [6.07, 6.45) is 0. The summed E-state index contributed by atoms with van der Waals surface area (Å²) in [6.45, 7) is 3.54. The molecule has 0 bridgehead atoms. The van der Waals surface area contributed by atoms with E-state index in [9.17, 15) is 9.36 Å². The van der Waals surface area contributed by atoms with Gasteiger partial charge in [0.15, 0.2) is 0 Å². The van der Waals surface area contributed by atoms with Crippen molar-refractivity contribution in [3.63, 3.8) is 0 Å². The van der Waals surface area contributed by atoms with E-state index >= 15 is 0 Å². The number of carbonyl (C=O) groups is 1. The van der Waals surface area contributed by atoms with Crippen LogP contribution in [0.3, 0.4) is 0 Å². The molecule has 0 heterocycles. The van der Waals surface area contributed by atoms with E-state index < -0.39 is 13.5 Å². The van der Waals surface area contributed by atoms with Crippen LogP contribution < -0.4 is 9.61 Å². The Morgan fingerprint density at radius 3 is 2.30 bits per heavy atom. The lowest BCUT2D eigenvalue weighted by Crippen LogP contribution is -2.05. The van der Waals surface area contributed by atoms with E-state index in [1.807, 2.05) is 0 Å². The van der Waals surface area contributed by atoms with Crippen molar-refractivity contribution in [3.8, 4) is 5.75 Å². The molecule has 0 amide bonds. The van der Waals surface area contributed by atoms with Crippen molar-refractivity contribution in [2.24, 2.45) is 0 Å². The molecule has 0 unspecified atom stereocenters. The van der Waals surface area contributed by atoms with Crippen LogP contribution >= 0.6 is 19.1 Å². The molecule has 0 saturated heterocycles. The zero-order valence-electron chi connectivity index (χ0n) is 12.8. The molecule has 0 saturated carbocycles. The Kier molecular flexibility index (Phi) is 5.69. The Morgan fingerprint density at radius 1 is 1.13 bits per heavy atom. The van der Waals surface area contributed by atoms with E-state index in [1.54, 1.807) is 55.5 Å². The van der Waals surface area contributed by atoms with E-state index in [2.05, 4.69) is 5.09 Å². The normalized spacial score (nSPS) is 13.0. The highest BCUT2D eigenvalue weighted by Gasteiger charge is 2.17. The Hall–Kier alpha value is -1.97. The van der Waals surface area contributed by atoms with Crippen LogP contribution in [0.2, 0.25) is 5.02 Å². The van der Waals surface area contributed by atoms with Crippen molar-refractivity contribution >= 4 is 30.8 Å². The number of benzene rings is 2. The predicted octanol–water partition coefficient (Wildman–Crippen LogP) is 4.83. The van der Waals surface area contributed by atoms with Crippen LogP contribution in [0.1, 0.15) is 17.3 Å². The molecule has 0 aliphatic rings. The van der Waals surface area contributed by atoms with Crippen LogP contribution in [-0.2, 0) is 9.30 Å². The predicted molar refractivity (Wildman–Crippen MR) is 91.6 cm³/mol. The highest BCUT2D eigenvalue weighted by molar-refractivity contribution is 7.60. The lowest BCUT2D eigenvalue weighted by atomic mass is 10.2. The molecule has 1 atom stereocenters. The zero-order chi connectivity index (χ0) is 16.9. The molecule has 0 spiro atoms. The quantitative estimate of drug-likeness (QED) is 0.595. The number of hydrogen-bond acceptors (Lipinski definition) is 4. The van der Waals surface area contributed by atoms with Crippen molar-refractivity contribution in [1.29, 1.82) is 0 Å². The molecular weight excluding hydrogens is 337 g/mol. The van der Waals surface area contributed by atoms with Crippen LogP contribution in [0, 0.1) is 0 Å². The molecule has 2 aromatic rings. The summed E-state index contributed by atoms with van der Waals surface area (Å²) >= 11 is 5.80. The van der Waals surface area contributed by atoms with Crippen molar-refractivity contribution in [2.45, 2.75) is 6.92 Å². The van der Waals surface area contributed by atoms with Gasteiger partial charge in [-0.3, -0.25) is 4.57 Å². The number of carbonyl (C=O) groups excluding carboxylic acids is 1. The second kappa shape index (κ2) is 7.53. The average Bonchev–Trinajstić information content (AvgIpc) is 2.50. The SMILES string of the molecule is CCOC(=O)c1ccc(N[P@@](C)(=O)Oc2ccc(Cl)cc2)cc1. The topological polar surface area (TPSA) is 64.6 Å². The molecule has 0 aliphatic heterocycles. The first kappa shape index (κ1) is 17.4. The fourth-order valence-electron chi connectivity index (χ4n) is 1.85. The molecule has 2 rings (SSSR count). The van der Waals surface area contributed by atoms with Crippen molar-refractivity contribution in [2.75, 3.05) is 18.4 Å². The Labute approximate surface area is 140 Å². The van der Waals surface area contributed by atoms with Gasteiger partial charge in [-0.2, -0.15) is 0 Å². The van der Waals surface area contributed by atoms with E-state index in [4.69, 9.17) is 20.9 Å². The molecule has 2 aromatic carbocycles. The van der Waals surface area contributed by atoms with Crippen LogP contribution in [-0.4, -0.2) is 19.2 Å². The first-order valence-electron chi connectivity index (χ1n) is 6.98. The van der Waals surface area contributed by atoms with Gasteiger partial charge >= 0.3 is 13.5 Å². The molecule has 122 valence electrons. The molecule has 0 radical (unpaired) electrons. The zero-order valence-corrected chi connectivity index (χ0v) is 14.4. The Bertz CT molecular complexity index is 716. The fraction of sp³-hybridized carbons (Fsp3) is 0.188. The van der Waals surface area contributed by atoms with Gasteiger partial charge in [-0.05, 0) is 55.5 Å². The van der Waals surface area contributed by atoms with Gasteiger partial charge in [0.05, 0.1) is 12.2 Å². The number of esters is 1. The third kappa shape index (κ3) is 5.31. The number of rotatable bonds is 6. The minimum atomic E-state index is -3.11. The summed E-state index contributed by atoms with van der Waals surface area (Å²) in [5.41, 5.74) is 1.01. The minimum Gasteiger partial charge on any atom is -0.462 e. The first-order chi connectivity index (χ1) is 10.9. The standard InChI is InChI=1S/C16H17ClNO4P/c1-3-21-16(19)12-4-8-14(9-5-12)18-23(2,20)22-15-10-6-13(17)7-11-15/h4-11H,3H2,1-2H3,(H,18,20)/t23-/m0/s1. The highest BCUT2D eigenvalue weighted by Crippen LogP contribution is 2.43. The number of ether oxygens (including phenoxy) is 1. The maximum Gasteiger partial charge on any atom is 0.338 e. The van der Waals surface area contributed by atoms with Crippen molar-refractivity contribution in [1.82, 2.24) is 0 Å². The molecule has 0 aliphatic carbocycles. The van der Waals surface area contributed by atoms with Gasteiger partial charge in [0.2, 0.25) is 0 Å². The summed E-state index contributed by atoms with van der Waals surface area (Å²) < 4.78 is 22.9. The van der Waals surface area contributed by atoms with Gasteiger partial charge in [0, 0.05) is 17.4 Å². The second-order valence-electron chi connectivity index (χ2n) is 4.80. The van der Waals surface area contributed by atoms with E-state index in [1.165, 1.54) is 6.66 Å². The molecule has 23 heavy (non-hydrogen) atoms. The smallest absolute Gasteiger partial charge is 0.338 e. The largest absolute Gasteiger partial charge is 0.462 e. The highest BCUT2D eigenvalue weighted by atomic mass is 35.5. The molecular formula is C16H17ClNO4P. The third-order valence-electron chi connectivity index (χ3n) is 2.82. The number of halogens is 1. The lowest BCUT2D eigenvalue weighted by Gasteiger charge is -2.17. The van der Waals surface area contributed by atoms with Crippen LogP contribution in [0.25, 0.3) is 0 Å². The molecule has 0 fully saturated rings. The monoisotopic (exact) mass is 353 g/mol. The second-order valence-corrected chi connectivity index (χ2v) is 7.34. The van der Waals surface area contributed by atoms with Gasteiger partial charge in [0.25, 0.3) is 0 Å². The van der Waals surface area contributed by atoms with Crippen LogP contribution in [0.4, 0.5) is 5.69 Å². The van der Waals surface area contributed by atoms with Gasteiger partial charge in [-0.15, -0.1) is 0 Å². The van der Waals surface area contributed by atoms with Crippen LogP contribution in [0.5, 0.6) is 5.75 Å². The third-order valence-corrected chi connectivity index (χ3v) is 4.30. The number of nitrogens with one attached hydrogen (secondary N) is 1. The van der Waals surface area contributed by atoms with Gasteiger partial charge in [-0.1, -0.05) is 11.6 Å². The maximum atomic E-state index is 12.5. The van der Waals surface area contributed by atoms with Crippen LogP contribution in [0.15, 0.2) is 48.5 Å². The summed E-state index contributed by atoms with van der Waals surface area (Å²) in [5, 5.41) is 3.40. The summed E-state index contributed by atoms with van der Waals surface area (Å²) in [4.78, 5) is 11.6. The van der Waals surface area contributed by atoms with Gasteiger partial charge in [-0.25, -0.2) is 4.79 Å². The Morgan fingerprint density at radius 2 is 1.74 bits per heavy atom. The van der Waals surface area contributed by atoms with E-state index in [-0.39, 0.29) is 0 Å². The van der Waals surface area contributed by atoms with E-state index in [0.29, 0.717) is 28.6 Å². The fourth-order valence-corrected chi connectivity index (χ4v) is 3.16. The minimum absolute atomic E-state index is 0.317. The first-order valence-corrected chi connectivity index (χ1v) is 9.43. The van der Waals surface area contributed by atoms with Gasteiger partial charge < -0.3 is 14.3 Å². The molecule has 5 nitrogen and oxygen atoms in total. The Balaban J connectivity index is 2.03. The summed E-state index contributed by atoms with van der Waals surface area (Å²) in [5.74, 6) is 0.0621.